The first-order valence-electron chi connectivity index (χ1n) is 9.86. The van der Waals surface area contributed by atoms with Crippen LogP contribution in [-0.4, -0.2) is 41.0 Å². The molecule has 3 rings (SSSR count). The molecule has 146 valence electrons. The number of rotatable bonds is 4. The van der Waals surface area contributed by atoms with Crippen molar-refractivity contribution in [2.45, 2.75) is 64.8 Å². The minimum absolute atomic E-state index is 0.0377. The van der Waals surface area contributed by atoms with Crippen LogP contribution in [0.5, 0.6) is 5.75 Å². The van der Waals surface area contributed by atoms with Gasteiger partial charge in [0.25, 0.3) is 5.91 Å². The number of likely N-dealkylation sites (N-methyl/N-ethyl adjacent to an activating group) is 1. The molecular weight excluding hydrogens is 356 g/mol. The minimum Gasteiger partial charge on any atom is -0.496 e. The average Bonchev–Trinajstić information content (AvgIpc) is 2.86. The highest BCUT2D eigenvalue weighted by Crippen LogP contribution is 2.33. The van der Waals surface area contributed by atoms with Crippen molar-refractivity contribution in [2.24, 2.45) is 0 Å². The second-order valence-electron chi connectivity index (χ2n) is 7.94. The van der Waals surface area contributed by atoms with Crippen molar-refractivity contribution in [3.63, 3.8) is 0 Å². The normalized spacial score (nSPS) is 20.3. The van der Waals surface area contributed by atoms with E-state index in [0.717, 1.165) is 35.3 Å². The number of benzene rings is 1. The van der Waals surface area contributed by atoms with Gasteiger partial charge in [-0.1, -0.05) is 33.1 Å². The van der Waals surface area contributed by atoms with Crippen molar-refractivity contribution < 1.29 is 9.53 Å². The summed E-state index contributed by atoms with van der Waals surface area (Å²) >= 11 is 5.62. The number of ether oxygens (including phenoxy) is 1. The maximum atomic E-state index is 13.2. The number of amides is 1. The van der Waals surface area contributed by atoms with Gasteiger partial charge in [0.1, 0.15) is 11.4 Å². The van der Waals surface area contributed by atoms with E-state index >= 15 is 0 Å². The summed E-state index contributed by atoms with van der Waals surface area (Å²) in [6.07, 6.45) is 7.69. The number of carbonyl (C=O) groups excluding carboxylic acids is 1. The van der Waals surface area contributed by atoms with E-state index in [1.807, 2.05) is 22.9 Å². The SMILES string of the molecule is COc1cc(C)c(C=C2C(=O)N(C3CCCCC3)C(=S)N2C)cc1C(C)C. The van der Waals surface area contributed by atoms with Gasteiger partial charge in [0.05, 0.1) is 7.11 Å². The van der Waals surface area contributed by atoms with Gasteiger partial charge in [-0.05, 0) is 72.8 Å². The molecule has 1 aliphatic carbocycles. The molecule has 4 nitrogen and oxygen atoms in total. The third kappa shape index (κ3) is 3.75. The maximum Gasteiger partial charge on any atom is 0.277 e. The topological polar surface area (TPSA) is 32.8 Å². The van der Waals surface area contributed by atoms with E-state index in [9.17, 15) is 4.79 Å². The van der Waals surface area contributed by atoms with Crippen LogP contribution >= 0.6 is 12.2 Å². The third-order valence-corrected chi connectivity index (χ3v) is 6.24. The number of hydrogen-bond donors (Lipinski definition) is 0. The molecule has 2 aliphatic rings. The Kier molecular flexibility index (Phi) is 5.89. The molecule has 0 atom stereocenters. The first-order chi connectivity index (χ1) is 12.8. The summed E-state index contributed by atoms with van der Waals surface area (Å²) in [5.41, 5.74) is 3.94. The summed E-state index contributed by atoms with van der Waals surface area (Å²) in [7, 11) is 3.60. The predicted octanol–water partition coefficient (Wildman–Crippen LogP) is 4.86. The highest BCUT2D eigenvalue weighted by molar-refractivity contribution is 7.80. The Morgan fingerprint density at radius 2 is 1.89 bits per heavy atom. The molecule has 1 saturated heterocycles. The van der Waals surface area contributed by atoms with Crippen molar-refractivity contribution in [1.29, 1.82) is 0 Å². The van der Waals surface area contributed by atoms with E-state index < -0.39 is 0 Å². The highest BCUT2D eigenvalue weighted by atomic mass is 32.1. The Hall–Kier alpha value is -1.88. The number of thiocarbonyl (C=S) groups is 1. The van der Waals surface area contributed by atoms with Crippen molar-refractivity contribution >= 4 is 29.3 Å². The lowest BCUT2D eigenvalue weighted by atomic mass is 9.94. The van der Waals surface area contributed by atoms with Crippen LogP contribution in [0.4, 0.5) is 0 Å². The fraction of sp³-hybridized carbons (Fsp3) is 0.545. The zero-order valence-corrected chi connectivity index (χ0v) is 17.9. The number of methoxy groups -OCH3 is 1. The fourth-order valence-electron chi connectivity index (χ4n) is 4.08. The van der Waals surface area contributed by atoms with Gasteiger partial charge in [0, 0.05) is 13.1 Å². The molecule has 0 spiro atoms. The van der Waals surface area contributed by atoms with Crippen LogP contribution in [0.25, 0.3) is 6.08 Å². The molecule has 0 N–H and O–H groups in total. The van der Waals surface area contributed by atoms with Crippen LogP contribution in [0.1, 0.15) is 68.6 Å². The van der Waals surface area contributed by atoms with Crippen molar-refractivity contribution in [1.82, 2.24) is 9.80 Å². The Balaban J connectivity index is 1.98. The standard InChI is InChI=1S/C22H30N2O2S/c1-14(2)18-12-16(15(3)11-20(18)26-5)13-19-21(25)24(22(27)23(19)4)17-9-7-6-8-10-17/h11-14,17H,6-10H2,1-5H3. The molecule has 1 saturated carbocycles. The van der Waals surface area contributed by atoms with E-state index in [0.29, 0.717) is 16.7 Å². The van der Waals surface area contributed by atoms with Crippen LogP contribution in [0.3, 0.4) is 0 Å². The molecule has 1 heterocycles. The van der Waals surface area contributed by atoms with Gasteiger partial charge in [-0.2, -0.15) is 0 Å². The molecule has 0 bridgehead atoms. The predicted molar refractivity (Wildman–Crippen MR) is 114 cm³/mol. The smallest absolute Gasteiger partial charge is 0.277 e. The minimum atomic E-state index is 0.0377. The average molecular weight is 387 g/mol. The molecule has 0 aromatic heterocycles. The van der Waals surface area contributed by atoms with Crippen molar-refractivity contribution in [3.8, 4) is 5.75 Å². The van der Waals surface area contributed by atoms with E-state index in [-0.39, 0.29) is 11.9 Å². The van der Waals surface area contributed by atoms with Gasteiger partial charge >= 0.3 is 0 Å². The summed E-state index contributed by atoms with van der Waals surface area (Å²) in [5, 5.41) is 0.633. The van der Waals surface area contributed by atoms with E-state index in [2.05, 4.69) is 32.9 Å². The second-order valence-corrected chi connectivity index (χ2v) is 8.31. The molecule has 2 fully saturated rings. The van der Waals surface area contributed by atoms with Crippen LogP contribution in [-0.2, 0) is 4.79 Å². The monoisotopic (exact) mass is 386 g/mol. The molecule has 5 heteroatoms. The van der Waals surface area contributed by atoms with Gasteiger partial charge in [0.15, 0.2) is 5.11 Å². The van der Waals surface area contributed by atoms with Crippen LogP contribution in [0.15, 0.2) is 17.8 Å². The largest absolute Gasteiger partial charge is 0.496 e. The molecule has 0 unspecified atom stereocenters. The Morgan fingerprint density at radius 3 is 2.48 bits per heavy atom. The molecule has 1 aromatic rings. The third-order valence-electron chi connectivity index (χ3n) is 5.76. The second kappa shape index (κ2) is 8.01. The Labute approximate surface area is 168 Å². The van der Waals surface area contributed by atoms with Gasteiger partial charge in [-0.25, -0.2) is 0 Å². The van der Waals surface area contributed by atoms with E-state index in [1.54, 1.807) is 7.11 Å². The summed E-state index contributed by atoms with van der Waals surface area (Å²) in [4.78, 5) is 16.9. The summed E-state index contributed by atoms with van der Waals surface area (Å²) < 4.78 is 5.54. The maximum absolute atomic E-state index is 13.2. The first-order valence-corrected chi connectivity index (χ1v) is 10.3. The molecule has 0 radical (unpaired) electrons. The number of aryl methyl sites for hydroxylation is 1. The van der Waals surface area contributed by atoms with Crippen molar-refractivity contribution in [3.05, 3.63) is 34.5 Å². The van der Waals surface area contributed by atoms with E-state index in [4.69, 9.17) is 17.0 Å². The lowest BCUT2D eigenvalue weighted by Crippen LogP contribution is -2.41. The fourth-order valence-corrected chi connectivity index (χ4v) is 4.42. The van der Waals surface area contributed by atoms with Gasteiger partial charge < -0.3 is 9.64 Å². The lowest BCUT2D eigenvalue weighted by molar-refractivity contribution is -0.124. The van der Waals surface area contributed by atoms with Crippen LogP contribution in [0.2, 0.25) is 0 Å². The molecule has 1 aliphatic heterocycles. The number of hydrogen-bond acceptors (Lipinski definition) is 3. The van der Waals surface area contributed by atoms with Crippen LogP contribution in [0, 0.1) is 6.92 Å². The first kappa shape index (κ1) is 19.9. The summed E-state index contributed by atoms with van der Waals surface area (Å²) in [6.45, 7) is 6.35. The zero-order chi connectivity index (χ0) is 19.7. The lowest BCUT2D eigenvalue weighted by Gasteiger charge is -2.30. The molecular formula is C22H30N2O2S. The summed E-state index contributed by atoms with van der Waals surface area (Å²) in [5.74, 6) is 1.28. The van der Waals surface area contributed by atoms with Crippen LogP contribution < -0.4 is 4.74 Å². The Morgan fingerprint density at radius 1 is 1.22 bits per heavy atom. The highest BCUT2D eigenvalue weighted by Gasteiger charge is 2.40. The molecule has 1 aromatic carbocycles. The van der Waals surface area contributed by atoms with Crippen molar-refractivity contribution in [2.75, 3.05) is 14.2 Å². The number of carbonyl (C=O) groups is 1. The Bertz CT molecular complexity index is 779. The van der Waals surface area contributed by atoms with Gasteiger partial charge in [-0.15, -0.1) is 0 Å². The summed E-state index contributed by atoms with van der Waals surface area (Å²) in [6, 6.07) is 4.44. The van der Waals surface area contributed by atoms with E-state index in [1.165, 1.54) is 19.3 Å². The van der Waals surface area contributed by atoms with Gasteiger partial charge in [0.2, 0.25) is 0 Å². The quantitative estimate of drug-likeness (QED) is 0.546. The van der Waals surface area contributed by atoms with Gasteiger partial charge in [-0.3, -0.25) is 9.69 Å². The zero-order valence-electron chi connectivity index (χ0n) is 17.0. The molecule has 27 heavy (non-hydrogen) atoms. The number of nitrogens with zero attached hydrogens (tertiary/aromatic N) is 2. The molecule has 1 amide bonds.